The van der Waals surface area contributed by atoms with Gasteiger partial charge in [0.05, 0.1) is 7.11 Å². The van der Waals surface area contributed by atoms with Crippen LogP contribution in [0.4, 0.5) is 0 Å². The van der Waals surface area contributed by atoms with Gasteiger partial charge in [0, 0.05) is 6.54 Å². The molecular formula is C24H24N2O5. The number of ether oxygens (including phenoxy) is 3. The number of nitrogens with one attached hydrogen (secondary N) is 1. The van der Waals surface area contributed by atoms with E-state index < -0.39 is 11.9 Å². The Morgan fingerprint density at radius 1 is 1.13 bits per heavy atom. The molecule has 1 N–H and O–H groups in total. The number of amides is 1. The summed E-state index contributed by atoms with van der Waals surface area (Å²) >= 11 is 0. The number of benzene rings is 2. The van der Waals surface area contributed by atoms with Crippen LogP contribution in [0.3, 0.4) is 0 Å². The van der Waals surface area contributed by atoms with Gasteiger partial charge in [0.25, 0.3) is 5.91 Å². The van der Waals surface area contributed by atoms with Crippen LogP contribution in [0.5, 0.6) is 17.2 Å². The largest absolute Gasteiger partial charge is 0.493 e. The smallest absolute Gasteiger partial charge is 0.349 e. The van der Waals surface area contributed by atoms with Crippen LogP contribution in [0.15, 0.2) is 54.6 Å². The average Bonchev–Trinajstić information content (AvgIpc) is 2.75. The summed E-state index contributed by atoms with van der Waals surface area (Å²) < 4.78 is 16.2. The first-order valence-electron chi connectivity index (χ1n) is 9.47. The lowest BCUT2D eigenvalue weighted by Crippen LogP contribution is -2.24. The molecular weight excluding hydrogens is 396 g/mol. The van der Waals surface area contributed by atoms with Gasteiger partial charge < -0.3 is 19.5 Å². The summed E-state index contributed by atoms with van der Waals surface area (Å²) in [5.41, 5.74) is 2.49. The molecule has 1 amide bonds. The second kappa shape index (κ2) is 11.2. The molecule has 160 valence electrons. The average molecular weight is 420 g/mol. The van der Waals surface area contributed by atoms with E-state index in [1.54, 1.807) is 18.2 Å². The molecule has 7 nitrogen and oxygen atoms in total. The summed E-state index contributed by atoms with van der Waals surface area (Å²) in [6, 6.07) is 12.2. The van der Waals surface area contributed by atoms with E-state index in [0.717, 1.165) is 11.1 Å². The standard InChI is InChI=1S/C24H24N2O5/c1-5-10-26-24(28)19(14-25)12-18-7-9-21(22(13-18)29-4)31-23(27)15-30-20-8-6-16(2)11-17(20)3/h5-9,11-13H,1,10,15H2,2-4H3,(H,26,28)/b19-12+. The second-order valence-electron chi connectivity index (χ2n) is 6.61. The lowest BCUT2D eigenvalue weighted by Gasteiger charge is -2.12. The van der Waals surface area contributed by atoms with Gasteiger partial charge >= 0.3 is 5.97 Å². The van der Waals surface area contributed by atoms with E-state index in [0.29, 0.717) is 11.3 Å². The summed E-state index contributed by atoms with van der Waals surface area (Å²) in [5.74, 6) is -0.0295. The predicted molar refractivity (Wildman–Crippen MR) is 117 cm³/mol. The topological polar surface area (TPSA) is 97.7 Å². The Hall–Kier alpha value is -4.05. The van der Waals surface area contributed by atoms with E-state index in [1.165, 1.54) is 25.3 Å². The molecule has 2 aromatic carbocycles. The number of nitriles is 1. The Kier molecular flexibility index (Phi) is 8.41. The van der Waals surface area contributed by atoms with Gasteiger partial charge in [0.15, 0.2) is 18.1 Å². The van der Waals surface area contributed by atoms with Gasteiger partial charge in [-0.1, -0.05) is 29.8 Å². The molecule has 0 saturated heterocycles. The quantitative estimate of drug-likeness (QED) is 0.219. The summed E-state index contributed by atoms with van der Waals surface area (Å²) in [4.78, 5) is 24.2. The Morgan fingerprint density at radius 3 is 2.52 bits per heavy atom. The molecule has 0 spiro atoms. The molecule has 31 heavy (non-hydrogen) atoms. The Morgan fingerprint density at radius 2 is 1.87 bits per heavy atom. The van der Waals surface area contributed by atoms with E-state index in [4.69, 9.17) is 14.2 Å². The zero-order valence-electron chi connectivity index (χ0n) is 17.7. The molecule has 0 aliphatic heterocycles. The fourth-order valence-corrected chi connectivity index (χ4v) is 2.68. The number of esters is 1. The predicted octanol–water partition coefficient (Wildman–Crippen LogP) is 3.51. The monoisotopic (exact) mass is 420 g/mol. The fourth-order valence-electron chi connectivity index (χ4n) is 2.68. The van der Waals surface area contributed by atoms with Crippen molar-refractivity contribution in [2.75, 3.05) is 20.3 Å². The third-order valence-corrected chi connectivity index (χ3v) is 4.17. The van der Waals surface area contributed by atoms with Crippen molar-refractivity contribution in [3.63, 3.8) is 0 Å². The maximum Gasteiger partial charge on any atom is 0.349 e. The molecule has 0 unspecified atom stereocenters. The van der Waals surface area contributed by atoms with E-state index in [-0.39, 0.29) is 30.2 Å². The van der Waals surface area contributed by atoms with E-state index in [9.17, 15) is 14.9 Å². The number of hydrogen-bond donors (Lipinski definition) is 1. The van der Waals surface area contributed by atoms with Crippen molar-refractivity contribution in [2.24, 2.45) is 0 Å². The third-order valence-electron chi connectivity index (χ3n) is 4.17. The van der Waals surface area contributed by atoms with Gasteiger partial charge in [0.1, 0.15) is 17.4 Å². The molecule has 0 bridgehead atoms. The molecule has 7 heteroatoms. The molecule has 2 aromatic rings. The normalized spacial score (nSPS) is 10.6. The van der Waals surface area contributed by atoms with E-state index in [2.05, 4.69) is 11.9 Å². The fraction of sp³-hybridized carbons (Fsp3) is 0.208. The summed E-state index contributed by atoms with van der Waals surface area (Å²) in [7, 11) is 1.42. The molecule has 0 saturated carbocycles. The SMILES string of the molecule is C=CCNC(=O)/C(C#N)=C/c1ccc(OC(=O)COc2ccc(C)cc2C)c(OC)c1. The van der Waals surface area contributed by atoms with Crippen molar-refractivity contribution in [3.05, 3.63) is 71.3 Å². The molecule has 0 fully saturated rings. The van der Waals surface area contributed by atoms with Crippen LogP contribution < -0.4 is 19.5 Å². The lowest BCUT2D eigenvalue weighted by atomic mass is 10.1. The summed E-state index contributed by atoms with van der Waals surface area (Å²) in [6.07, 6.45) is 2.93. The number of aryl methyl sites for hydroxylation is 2. The minimum absolute atomic E-state index is 0.0736. The first-order chi connectivity index (χ1) is 14.9. The highest BCUT2D eigenvalue weighted by atomic mass is 16.6. The molecule has 0 heterocycles. The van der Waals surface area contributed by atoms with Crippen LogP contribution in [-0.4, -0.2) is 32.1 Å². The Bertz CT molecular complexity index is 1050. The Labute approximate surface area is 181 Å². The van der Waals surface area contributed by atoms with Gasteiger partial charge in [-0.05, 0) is 49.2 Å². The van der Waals surface area contributed by atoms with Crippen LogP contribution in [0.2, 0.25) is 0 Å². The maximum absolute atomic E-state index is 12.2. The van der Waals surface area contributed by atoms with Crippen molar-refractivity contribution in [1.82, 2.24) is 5.32 Å². The minimum atomic E-state index is -0.594. The molecule has 0 aliphatic rings. The van der Waals surface area contributed by atoms with Crippen molar-refractivity contribution in [3.8, 4) is 23.3 Å². The maximum atomic E-state index is 12.2. The van der Waals surface area contributed by atoms with E-state index >= 15 is 0 Å². The molecule has 0 atom stereocenters. The van der Waals surface area contributed by atoms with Gasteiger partial charge in [-0.25, -0.2) is 4.79 Å². The molecule has 2 rings (SSSR count). The zero-order chi connectivity index (χ0) is 22.8. The highest BCUT2D eigenvalue weighted by molar-refractivity contribution is 6.01. The number of hydrogen-bond acceptors (Lipinski definition) is 6. The minimum Gasteiger partial charge on any atom is -0.493 e. The first-order valence-corrected chi connectivity index (χ1v) is 9.47. The molecule has 0 radical (unpaired) electrons. The van der Waals surface area contributed by atoms with E-state index in [1.807, 2.05) is 32.0 Å². The summed E-state index contributed by atoms with van der Waals surface area (Å²) in [6.45, 7) is 7.37. The molecule has 0 aromatic heterocycles. The lowest BCUT2D eigenvalue weighted by molar-refractivity contribution is -0.136. The number of rotatable bonds is 9. The van der Waals surface area contributed by atoms with Crippen molar-refractivity contribution < 1.29 is 23.8 Å². The van der Waals surface area contributed by atoms with Gasteiger partial charge in [-0.3, -0.25) is 4.79 Å². The van der Waals surface area contributed by atoms with Crippen molar-refractivity contribution in [2.45, 2.75) is 13.8 Å². The summed E-state index contributed by atoms with van der Waals surface area (Å²) in [5, 5.41) is 11.8. The molecule has 0 aliphatic carbocycles. The van der Waals surface area contributed by atoms with Gasteiger partial charge in [-0.2, -0.15) is 5.26 Å². The van der Waals surface area contributed by atoms with Gasteiger partial charge in [-0.15, -0.1) is 6.58 Å². The van der Waals surface area contributed by atoms with Crippen LogP contribution in [0, 0.1) is 25.2 Å². The second-order valence-corrected chi connectivity index (χ2v) is 6.61. The van der Waals surface area contributed by atoms with Crippen LogP contribution in [0.1, 0.15) is 16.7 Å². The number of carbonyl (C=O) groups excluding carboxylic acids is 2. The van der Waals surface area contributed by atoms with Crippen molar-refractivity contribution in [1.29, 1.82) is 5.26 Å². The first kappa shape index (κ1) is 23.2. The number of nitrogens with zero attached hydrogens (tertiary/aromatic N) is 1. The van der Waals surface area contributed by atoms with Gasteiger partial charge in [0.2, 0.25) is 0 Å². The number of methoxy groups -OCH3 is 1. The van der Waals surface area contributed by atoms with Crippen LogP contribution >= 0.6 is 0 Å². The van der Waals surface area contributed by atoms with Crippen LogP contribution in [-0.2, 0) is 9.59 Å². The number of carbonyl (C=O) groups is 2. The van der Waals surface area contributed by atoms with Crippen molar-refractivity contribution >= 4 is 18.0 Å². The highest BCUT2D eigenvalue weighted by Gasteiger charge is 2.13. The zero-order valence-corrected chi connectivity index (χ0v) is 17.7. The third kappa shape index (κ3) is 6.75. The highest BCUT2D eigenvalue weighted by Crippen LogP contribution is 2.29. The van der Waals surface area contributed by atoms with Crippen LogP contribution in [0.25, 0.3) is 6.08 Å². The Balaban J connectivity index is 2.09.